The van der Waals surface area contributed by atoms with Crippen LogP contribution in [0.4, 0.5) is 0 Å². The number of esters is 2. The summed E-state index contributed by atoms with van der Waals surface area (Å²) in [4.78, 5) is 24.1. The lowest BCUT2D eigenvalue weighted by molar-refractivity contribution is 0.0483. The Kier molecular flexibility index (Phi) is 12.3. The highest BCUT2D eigenvalue weighted by Gasteiger charge is 2.11. The fourth-order valence-corrected chi connectivity index (χ4v) is 2.90. The van der Waals surface area contributed by atoms with Crippen molar-refractivity contribution in [3.8, 4) is 0 Å². The van der Waals surface area contributed by atoms with Gasteiger partial charge < -0.3 is 9.47 Å². The smallest absolute Gasteiger partial charge is 0.338 e. The Morgan fingerprint density at radius 3 is 1.32 bits per heavy atom. The van der Waals surface area contributed by atoms with E-state index in [-0.39, 0.29) is 11.9 Å². The van der Waals surface area contributed by atoms with Crippen molar-refractivity contribution < 1.29 is 19.1 Å². The summed E-state index contributed by atoms with van der Waals surface area (Å²) in [5.74, 6) is 0.762. The summed E-state index contributed by atoms with van der Waals surface area (Å²) < 4.78 is 10.6. The third-order valence-corrected chi connectivity index (χ3v) is 4.67. The van der Waals surface area contributed by atoms with Crippen LogP contribution < -0.4 is 0 Å². The number of hydrogen-bond donors (Lipinski definition) is 0. The van der Waals surface area contributed by atoms with E-state index in [1.165, 1.54) is 25.7 Å². The third kappa shape index (κ3) is 11.1. The molecule has 28 heavy (non-hydrogen) atoms. The fourth-order valence-electron chi connectivity index (χ4n) is 2.90. The lowest BCUT2D eigenvalue weighted by Gasteiger charge is -2.08. The Bertz CT molecular complexity index is 509. The largest absolute Gasteiger partial charge is 0.462 e. The van der Waals surface area contributed by atoms with Crippen LogP contribution in [0, 0.1) is 11.8 Å². The standard InChI is InChI=1S/C24H38O4/c1-19(2)11-7-5-9-17-27-23(25)21-13-15-22(16-14-21)24(26)28-18-10-6-8-12-20(3)4/h13-16,19-20H,5-12,17-18H2,1-4H3. The first-order chi connectivity index (χ1) is 13.4. The highest BCUT2D eigenvalue weighted by molar-refractivity contribution is 5.93. The summed E-state index contributed by atoms with van der Waals surface area (Å²) in [6, 6.07) is 6.50. The van der Waals surface area contributed by atoms with Crippen molar-refractivity contribution in [1.82, 2.24) is 0 Å². The van der Waals surface area contributed by atoms with E-state index >= 15 is 0 Å². The van der Waals surface area contributed by atoms with Crippen molar-refractivity contribution in [2.75, 3.05) is 13.2 Å². The van der Waals surface area contributed by atoms with E-state index in [1.54, 1.807) is 24.3 Å². The van der Waals surface area contributed by atoms with Gasteiger partial charge in [0.2, 0.25) is 0 Å². The molecule has 0 heterocycles. The molecule has 4 nitrogen and oxygen atoms in total. The Morgan fingerprint density at radius 2 is 1.00 bits per heavy atom. The molecule has 0 atom stereocenters. The zero-order valence-corrected chi connectivity index (χ0v) is 18.2. The third-order valence-electron chi connectivity index (χ3n) is 4.67. The Labute approximate surface area is 171 Å². The van der Waals surface area contributed by atoms with Crippen molar-refractivity contribution >= 4 is 11.9 Å². The van der Waals surface area contributed by atoms with Gasteiger partial charge in [0, 0.05) is 0 Å². The monoisotopic (exact) mass is 390 g/mol. The maximum atomic E-state index is 12.0. The van der Waals surface area contributed by atoms with Gasteiger partial charge in [-0.3, -0.25) is 0 Å². The number of carbonyl (C=O) groups excluding carboxylic acids is 2. The number of rotatable bonds is 14. The molecule has 0 aliphatic carbocycles. The van der Waals surface area contributed by atoms with E-state index in [1.807, 2.05) is 0 Å². The molecule has 0 saturated heterocycles. The second-order valence-electron chi connectivity index (χ2n) is 8.34. The SMILES string of the molecule is CC(C)CCCCCOC(=O)c1ccc(C(=O)OCCCCCC(C)C)cc1. The Hall–Kier alpha value is -1.84. The number of carbonyl (C=O) groups is 2. The molecule has 0 fully saturated rings. The summed E-state index contributed by atoms with van der Waals surface area (Å²) in [7, 11) is 0. The topological polar surface area (TPSA) is 52.6 Å². The van der Waals surface area contributed by atoms with Gasteiger partial charge in [0.15, 0.2) is 0 Å². The van der Waals surface area contributed by atoms with Gasteiger partial charge in [-0.05, 0) is 48.9 Å². The van der Waals surface area contributed by atoms with Crippen molar-refractivity contribution in [3.05, 3.63) is 35.4 Å². The number of hydrogen-bond acceptors (Lipinski definition) is 4. The van der Waals surface area contributed by atoms with Gasteiger partial charge in [-0.25, -0.2) is 9.59 Å². The first-order valence-corrected chi connectivity index (χ1v) is 10.8. The van der Waals surface area contributed by atoms with Crippen LogP contribution in [0.2, 0.25) is 0 Å². The lowest BCUT2D eigenvalue weighted by Crippen LogP contribution is -2.09. The minimum Gasteiger partial charge on any atom is -0.462 e. The van der Waals surface area contributed by atoms with Crippen LogP contribution in [-0.4, -0.2) is 25.2 Å². The average molecular weight is 391 g/mol. The number of ether oxygens (including phenoxy) is 2. The van der Waals surface area contributed by atoms with Crippen molar-refractivity contribution in [2.45, 2.75) is 79.1 Å². The lowest BCUT2D eigenvalue weighted by atomic mass is 10.1. The zero-order valence-electron chi connectivity index (χ0n) is 18.2. The van der Waals surface area contributed by atoms with Crippen molar-refractivity contribution in [1.29, 1.82) is 0 Å². The van der Waals surface area contributed by atoms with Gasteiger partial charge in [-0.2, -0.15) is 0 Å². The van der Waals surface area contributed by atoms with Crippen molar-refractivity contribution in [2.24, 2.45) is 11.8 Å². The van der Waals surface area contributed by atoms with Gasteiger partial charge in [0.25, 0.3) is 0 Å². The normalized spacial score (nSPS) is 11.1. The van der Waals surface area contributed by atoms with Gasteiger partial charge >= 0.3 is 11.9 Å². The zero-order chi connectivity index (χ0) is 20.8. The van der Waals surface area contributed by atoms with E-state index in [2.05, 4.69) is 27.7 Å². The van der Waals surface area contributed by atoms with Gasteiger partial charge in [0.1, 0.15) is 0 Å². The molecule has 1 rings (SSSR count). The van der Waals surface area contributed by atoms with E-state index in [9.17, 15) is 9.59 Å². The molecule has 0 unspecified atom stereocenters. The first kappa shape index (κ1) is 24.2. The summed E-state index contributed by atoms with van der Waals surface area (Å²) >= 11 is 0. The molecular formula is C24H38O4. The quantitative estimate of drug-likeness (QED) is 0.271. The minimum atomic E-state index is -0.339. The molecule has 0 aliphatic heterocycles. The highest BCUT2D eigenvalue weighted by Crippen LogP contribution is 2.11. The van der Waals surface area contributed by atoms with E-state index in [0.717, 1.165) is 37.5 Å². The van der Waals surface area contributed by atoms with Gasteiger partial charge in [-0.15, -0.1) is 0 Å². The van der Waals surface area contributed by atoms with Gasteiger partial charge in [-0.1, -0.05) is 66.2 Å². The molecular weight excluding hydrogens is 352 g/mol. The van der Waals surface area contributed by atoms with Crippen LogP contribution in [0.5, 0.6) is 0 Å². The van der Waals surface area contributed by atoms with Gasteiger partial charge in [0.05, 0.1) is 24.3 Å². The summed E-state index contributed by atoms with van der Waals surface area (Å²) in [5, 5.41) is 0. The second-order valence-corrected chi connectivity index (χ2v) is 8.34. The predicted octanol–water partition coefficient (Wildman–Crippen LogP) is 6.43. The summed E-state index contributed by atoms with van der Waals surface area (Å²) in [6.07, 6.45) is 8.70. The highest BCUT2D eigenvalue weighted by atomic mass is 16.5. The molecule has 158 valence electrons. The van der Waals surface area contributed by atoms with Crippen LogP contribution in [0.3, 0.4) is 0 Å². The molecule has 0 radical (unpaired) electrons. The first-order valence-electron chi connectivity index (χ1n) is 10.8. The number of unbranched alkanes of at least 4 members (excludes halogenated alkanes) is 4. The Morgan fingerprint density at radius 1 is 0.643 bits per heavy atom. The molecule has 0 saturated carbocycles. The Balaban J connectivity index is 2.24. The van der Waals surface area contributed by atoms with E-state index in [4.69, 9.17) is 9.47 Å². The van der Waals surface area contributed by atoms with Crippen molar-refractivity contribution in [3.63, 3.8) is 0 Å². The molecule has 0 aliphatic rings. The van der Waals surface area contributed by atoms with E-state index in [0.29, 0.717) is 24.3 Å². The maximum Gasteiger partial charge on any atom is 0.338 e. The molecule has 0 N–H and O–H groups in total. The van der Waals surface area contributed by atoms with Crippen LogP contribution in [0.25, 0.3) is 0 Å². The average Bonchev–Trinajstić information content (AvgIpc) is 2.66. The fraction of sp³-hybridized carbons (Fsp3) is 0.667. The van der Waals surface area contributed by atoms with Crippen LogP contribution in [0.15, 0.2) is 24.3 Å². The van der Waals surface area contributed by atoms with Crippen LogP contribution in [0.1, 0.15) is 99.8 Å². The van der Waals surface area contributed by atoms with E-state index < -0.39 is 0 Å². The summed E-state index contributed by atoms with van der Waals surface area (Å²) in [5.41, 5.74) is 0.930. The molecule has 0 aromatic heterocycles. The van der Waals surface area contributed by atoms with Crippen LogP contribution in [-0.2, 0) is 9.47 Å². The maximum absolute atomic E-state index is 12.0. The van der Waals surface area contributed by atoms with Crippen LogP contribution >= 0.6 is 0 Å². The molecule has 4 heteroatoms. The molecule has 1 aromatic carbocycles. The predicted molar refractivity (Wildman–Crippen MR) is 114 cm³/mol. The minimum absolute atomic E-state index is 0.339. The molecule has 0 amide bonds. The molecule has 1 aromatic rings. The second kappa shape index (κ2) is 14.2. The summed E-state index contributed by atoms with van der Waals surface area (Å²) in [6.45, 7) is 9.75. The number of benzene rings is 1. The molecule has 0 bridgehead atoms. The molecule has 0 spiro atoms.